The number of hydrogen-bond donors (Lipinski definition) is 2. The van der Waals surface area contributed by atoms with Crippen LogP contribution in [0.5, 0.6) is 0 Å². The van der Waals surface area contributed by atoms with Crippen LogP contribution in [0.15, 0.2) is 23.1 Å². The van der Waals surface area contributed by atoms with Gasteiger partial charge in [0, 0.05) is 13.1 Å². The maximum Gasteiger partial charge on any atom is 0.323 e. The molecule has 6 nitrogen and oxygen atoms in total. The molecule has 3 N–H and O–H groups in total. The molecule has 0 spiro atoms. The van der Waals surface area contributed by atoms with Crippen LogP contribution in [0.3, 0.4) is 0 Å². The highest BCUT2D eigenvalue weighted by Crippen LogP contribution is 2.29. The van der Waals surface area contributed by atoms with E-state index in [9.17, 15) is 17.6 Å². The molecule has 0 saturated carbocycles. The monoisotopic (exact) mass is 336 g/mol. The van der Waals surface area contributed by atoms with E-state index in [1.54, 1.807) is 0 Å². The van der Waals surface area contributed by atoms with Crippen molar-refractivity contribution in [1.29, 1.82) is 0 Å². The Hall–Kier alpha value is -1.22. The standard InChI is InChI=1S/C12H14ClFN2O4S/c13-9-7-8(14)1-2-10(9)21(19,20)16-5-3-12(15,4-6-16)11(17)18/h1-2,7H,3-6,15H2,(H,17,18). The van der Waals surface area contributed by atoms with Gasteiger partial charge in [0.1, 0.15) is 16.3 Å². The Kier molecular flexibility index (Phi) is 4.25. The molecule has 1 aliphatic heterocycles. The molecule has 0 unspecified atom stereocenters. The predicted octanol–water partition coefficient (Wildman–Crippen LogP) is 1.05. The summed E-state index contributed by atoms with van der Waals surface area (Å²) in [6.07, 6.45) is 0.000748. The molecule has 0 aliphatic carbocycles. The average molecular weight is 337 g/mol. The molecule has 1 aromatic carbocycles. The Morgan fingerprint density at radius 3 is 2.43 bits per heavy atom. The van der Waals surface area contributed by atoms with Gasteiger partial charge in [0.2, 0.25) is 10.0 Å². The number of nitrogens with two attached hydrogens (primary N) is 1. The number of carboxylic acids is 1. The summed E-state index contributed by atoms with van der Waals surface area (Å²) in [7, 11) is -3.90. The quantitative estimate of drug-likeness (QED) is 0.859. The highest BCUT2D eigenvalue weighted by molar-refractivity contribution is 7.89. The lowest BCUT2D eigenvalue weighted by molar-refractivity contribution is -0.144. The SMILES string of the molecule is NC1(C(=O)O)CCN(S(=O)(=O)c2ccc(F)cc2Cl)CC1. The number of aliphatic carboxylic acids is 1. The maximum absolute atomic E-state index is 13.0. The zero-order chi connectivity index (χ0) is 15.8. The van der Waals surface area contributed by atoms with Gasteiger partial charge in [-0.05, 0) is 31.0 Å². The van der Waals surface area contributed by atoms with Crippen molar-refractivity contribution < 1.29 is 22.7 Å². The van der Waals surface area contributed by atoms with Crippen molar-refractivity contribution in [2.24, 2.45) is 5.73 Å². The van der Waals surface area contributed by atoms with Crippen LogP contribution in [0, 0.1) is 5.82 Å². The molecule has 2 rings (SSSR count). The summed E-state index contributed by atoms with van der Waals surface area (Å²) in [5.41, 5.74) is 4.28. The van der Waals surface area contributed by atoms with Crippen molar-refractivity contribution in [2.75, 3.05) is 13.1 Å². The first kappa shape index (κ1) is 16.2. The highest BCUT2D eigenvalue weighted by Gasteiger charge is 2.41. The normalized spacial score (nSPS) is 19.4. The third kappa shape index (κ3) is 3.03. The first-order chi connectivity index (χ1) is 9.67. The van der Waals surface area contributed by atoms with Crippen LogP contribution in [-0.2, 0) is 14.8 Å². The second-order valence-corrected chi connectivity index (χ2v) is 7.25. The van der Waals surface area contributed by atoms with Crippen molar-refractivity contribution in [3.8, 4) is 0 Å². The van der Waals surface area contributed by atoms with E-state index in [1.165, 1.54) is 0 Å². The summed E-state index contributed by atoms with van der Waals surface area (Å²) in [6.45, 7) is -0.0579. The molecule has 1 aromatic rings. The minimum atomic E-state index is -3.90. The van der Waals surface area contributed by atoms with Gasteiger partial charge in [0.15, 0.2) is 0 Å². The van der Waals surface area contributed by atoms with Crippen LogP contribution in [0.2, 0.25) is 5.02 Å². The smallest absolute Gasteiger partial charge is 0.323 e. The molecule has 0 amide bonds. The number of piperidine rings is 1. The van der Waals surface area contributed by atoms with E-state index < -0.39 is 27.3 Å². The number of halogens is 2. The minimum absolute atomic E-state index is 0.000374. The summed E-state index contributed by atoms with van der Waals surface area (Å²) in [5, 5.41) is 8.81. The fourth-order valence-corrected chi connectivity index (χ4v) is 4.11. The molecule has 9 heteroatoms. The van der Waals surface area contributed by atoms with Crippen LogP contribution >= 0.6 is 11.6 Å². The lowest BCUT2D eigenvalue weighted by Crippen LogP contribution is -2.56. The Morgan fingerprint density at radius 2 is 1.95 bits per heavy atom. The number of rotatable bonds is 3. The Morgan fingerprint density at radius 1 is 1.38 bits per heavy atom. The van der Waals surface area contributed by atoms with Crippen LogP contribution in [0.1, 0.15) is 12.8 Å². The fraction of sp³-hybridized carbons (Fsp3) is 0.417. The van der Waals surface area contributed by atoms with Crippen molar-refractivity contribution in [3.05, 3.63) is 29.0 Å². The van der Waals surface area contributed by atoms with Gasteiger partial charge in [0.25, 0.3) is 0 Å². The third-order valence-corrected chi connectivity index (χ3v) is 5.93. The summed E-state index contributed by atoms with van der Waals surface area (Å²) in [4.78, 5) is 10.8. The van der Waals surface area contributed by atoms with Gasteiger partial charge in [-0.25, -0.2) is 12.8 Å². The predicted molar refractivity (Wildman–Crippen MR) is 74.0 cm³/mol. The Bertz CT molecular complexity index is 672. The van der Waals surface area contributed by atoms with Crippen molar-refractivity contribution >= 4 is 27.6 Å². The summed E-state index contributed by atoms with van der Waals surface area (Å²) < 4.78 is 39.0. The molecule has 0 aromatic heterocycles. The topological polar surface area (TPSA) is 101 Å². The van der Waals surface area contributed by atoms with Gasteiger partial charge >= 0.3 is 5.97 Å². The molecular weight excluding hydrogens is 323 g/mol. The van der Waals surface area contributed by atoms with E-state index in [-0.39, 0.29) is 35.8 Å². The molecule has 1 aliphatic rings. The van der Waals surface area contributed by atoms with Crippen LogP contribution in [0.4, 0.5) is 4.39 Å². The second kappa shape index (κ2) is 5.53. The minimum Gasteiger partial charge on any atom is -0.480 e. The first-order valence-electron chi connectivity index (χ1n) is 6.14. The molecular formula is C12H14ClFN2O4S. The third-order valence-electron chi connectivity index (χ3n) is 3.55. The number of carbonyl (C=O) groups is 1. The van der Waals surface area contributed by atoms with Gasteiger partial charge in [0.05, 0.1) is 5.02 Å². The number of sulfonamides is 1. The van der Waals surface area contributed by atoms with Gasteiger partial charge < -0.3 is 10.8 Å². The molecule has 1 saturated heterocycles. The van der Waals surface area contributed by atoms with Gasteiger partial charge in [-0.2, -0.15) is 4.31 Å². The van der Waals surface area contributed by atoms with Crippen molar-refractivity contribution in [3.63, 3.8) is 0 Å². The molecule has 0 bridgehead atoms. The molecule has 1 heterocycles. The highest BCUT2D eigenvalue weighted by atomic mass is 35.5. The van der Waals surface area contributed by atoms with Gasteiger partial charge in [-0.3, -0.25) is 4.79 Å². The van der Waals surface area contributed by atoms with E-state index in [4.69, 9.17) is 22.4 Å². The van der Waals surface area contributed by atoms with Gasteiger partial charge in [-0.1, -0.05) is 11.6 Å². The molecule has 21 heavy (non-hydrogen) atoms. The lowest BCUT2D eigenvalue weighted by atomic mass is 9.90. The van der Waals surface area contributed by atoms with Crippen molar-refractivity contribution in [1.82, 2.24) is 4.31 Å². The summed E-state index contributed by atoms with van der Waals surface area (Å²) in [5.74, 6) is -1.79. The van der Waals surface area contributed by atoms with Crippen molar-refractivity contribution in [2.45, 2.75) is 23.3 Å². The summed E-state index contributed by atoms with van der Waals surface area (Å²) in [6, 6.07) is 3.02. The zero-order valence-corrected chi connectivity index (χ0v) is 12.5. The van der Waals surface area contributed by atoms with Crippen LogP contribution in [-0.4, -0.2) is 42.4 Å². The van der Waals surface area contributed by atoms with E-state index in [1.807, 2.05) is 0 Å². The number of benzene rings is 1. The zero-order valence-electron chi connectivity index (χ0n) is 10.9. The average Bonchev–Trinajstić information content (AvgIpc) is 2.38. The fourth-order valence-electron chi connectivity index (χ4n) is 2.16. The molecule has 1 fully saturated rings. The maximum atomic E-state index is 13.0. The largest absolute Gasteiger partial charge is 0.480 e. The molecule has 0 atom stereocenters. The molecule has 116 valence electrons. The van der Waals surface area contributed by atoms with E-state index >= 15 is 0 Å². The number of nitrogens with zero attached hydrogens (tertiary/aromatic N) is 1. The van der Waals surface area contributed by atoms with E-state index in [0.717, 1.165) is 22.5 Å². The second-order valence-electron chi connectivity index (χ2n) is 4.94. The molecule has 0 radical (unpaired) electrons. The van der Waals surface area contributed by atoms with E-state index in [2.05, 4.69) is 0 Å². The van der Waals surface area contributed by atoms with E-state index in [0.29, 0.717) is 0 Å². The number of hydrogen-bond acceptors (Lipinski definition) is 4. The number of carboxylic acid groups (broad SMARTS) is 1. The lowest BCUT2D eigenvalue weighted by Gasteiger charge is -2.35. The first-order valence-corrected chi connectivity index (χ1v) is 7.96. The van der Waals surface area contributed by atoms with Crippen LogP contribution in [0.25, 0.3) is 0 Å². The Labute approximate surface area is 126 Å². The van der Waals surface area contributed by atoms with Crippen LogP contribution < -0.4 is 5.73 Å². The van der Waals surface area contributed by atoms with Gasteiger partial charge in [-0.15, -0.1) is 0 Å². The summed E-state index contributed by atoms with van der Waals surface area (Å²) >= 11 is 5.78. The Balaban J connectivity index is 2.25.